The summed E-state index contributed by atoms with van der Waals surface area (Å²) in [6.45, 7) is 6.90. The molecule has 7 nitrogen and oxygen atoms in total. The van der Waals surface area contributed by atoms with Gasteiger partial charge < -0.3 is 10.2 Å². The zero-order valence-corrected chi connectivity index (χ0v) is 28.7. The van der Waals surface area contributed by atoms with Crippen LogP contribution in [0.25, 0.3) is 0 Å². The molecular weight excluding hydrogens is 641 g/mol. The molecule has 242 valence electrons. The average molecular weight is 681 g/mol. The molecule has 1 N–H and O–H groups in total. The summed E-state index contributed by atoms with van der Waals surface area (Å²) in [4.78, 5) is 30.0. The topological polar surface area (TPSA) is 86.8 Å². The third kappa shape index (κ3) is 8.69. The fraction of sp³-hybridized carbons (Fsp3) is 0.278. The number of hydrogen-bond donors (Lipinski definition) is 1. The molecule has 0 saturated heterocycles. The molecule has 0 spiro atoms. The number of sulfonamides is 1. The Bertz CT molecular complexity index is 1770. The maximum absolute atomic E-state index is 14.6. The van der Waals surface area contributed by atoms with Crippen molar-refractivity contribution in [1.29, 1.82) is 0 Å². The van der Waals surface area contributed by atoms with E-state index in [1.807, 2.05) is 57.2 Å². The number of nitrogens with one attached hydrogen (secondary N) is 1. The maximum Gasteiger partial charge on any atom is 0.264 e. The SMILES string of the molecule is CC[C@@H](C)NC(=O)[C@@H](Cc1ccccc1)N(Cc1cccc(Cl)c1)C(=O)CN(c1cccc(Cl)c1C)S(=O)(=O)c1ccc(C)cc1. The second-order valence-electron chi connectivity index (χ2n) is 11.4. The van der Waals surface area contributed by atoms with Gasteiger partial charge in [0.15, 0.2) is 0 Å². The van der Waals surface area contributed by atoms with Crippen LogP contribution in [0.2, 0.25) is 10.0 Å². The predicted molar refractivity (Wildman–Crippen MR) is 186 cm³/mol. The summed E-state index contributed by atoms with van der Waals surface area (Å²) in [5.74, 6) is -0.893. The lowest BCUT2D eigenvalue weighted by atomic mass is 10.0. The number of amides is 2. The number of benzene rings is 4. The minimum Gasteiger partial charge on any atom is -0.352 e. The van der Waals surface area contributed by atoms with E-state index >= 15 is 0 Å². The van der Waals surface area contributed by atoms with E-state index in [9.17, 15) is 18.0 Å². The van der Waals surface area contributed by atoms with Crippen molar-refractivity contribution in [1.82, 2.24) is 10.2 Å². The van der Waals surface area contributed by atoms with E-state index in [1.165, 1.54) is 17.0 Å². The van der Waals surface area contributed by atoms with Crippen LogP contribution in [0.1, 0.15) is 42.5 Å². The lowest BCUT2D eigenvalue weighted by molar-refractivity contribution is -0.140. The van der Waals surface area contributed by atoms with Gasteiger partial charge in [-0.2, -0.15) is 0 Å². The molecular formula is C36H39Cl2N3O4S. The number of halogens is 2. The van der Waals surface area contributed by atoms with E-state index in [-0.39, 0.29) is 35.5 Å². The van der Waals surface area contributed by atoms with Crippen LogP contribution in [0.15, 0.2) is 102 Å². The monoisotopic (exact) mass is 679 g/mol. The van der Waals surface area contributed by atoms with Gasteiger partial charge >= 0.3 is 0 Å². The highest BCUT2D eigenvalue weighted by Gasteiger charge is 2.35. The predicted octanol–water partition coefficient (Wildman–Crippen LogP) is 7.36. The van der Waals surface area contributed by atoms with E-state index in [0.29, 0.717) is 27.6 Å². The molecule has 4 aromatic carbocycles. The molecule has 0 saturated carbocycles. The number of anilines is 1. The normalized spacial score (nSPS) is 12.7. The van der Waals surface area contributed by atoms with Crippen molar-refractivity contribution in [3.63, 3.8) is 0 Å². The van der Waals surface area contributed by atoms with Crippen LogP contribution in [0, 0.1) is 13.8 Å². The highest BCUT2D eigenvalue weighted by Crippen LogP contribution is 2.31. The summed E-state index contributed by atoms with van der Waals surface area (Å²) in [5.41, 5.74) is 3.22. The van der Waals surface area contributed by atoms with Gasteiger partial charge in [0.05, 0.1) is 10.6 Å². The Balaban J connectivity index is 1.84. The lowest BCUT2D eigenvalue weighted by Gasteiger charge is -2.34. The lowest BCUT2D eigenvalue weighted by Crippen LogP contribution is -2.54. The molecule has 0 fully saturated rings. The largest absolute Gasteiger partial charge is 0.352 e. The molecule has 46 heavy (non-hydrogen) atoms. The van der Waals surface area contributed by atoms with Crippen LogP contribution >= 0.6 is 23.2 Å². The van der Waals surface area contributed by atoms with Crippen molar-refractivity contribution in [2.45, 2.75) is 64.1 Å². The molecule has 4 rings (SSSR count). The molecule has 0 unspecified atom stereocenters. The first kappa shape index (κ1) is 35.0. The van der Waals surface area contributed by atoms with Crippen LogP contribution in [0.3, 0.4) is 0 Å². The summed E-state index contributed by atoms with van der Waals surface area (Å²) < 4.78 is 29.6. The Hall–Kier alpha value is -3.85. The Kier molecular flexibility index (Phi) is 11.9. The molecule has 0 radical (unpaired) electrons. The van der Waals surface area contributed by atoms with Gasteiger partial charge in [-0.15, -0.1) is 0 Å². The Morgan fingerprint density at radius 1 is 0.848 bits per heavy atom. The summed E-state index contributed by atoms with van der Waals surface area (Å²) in [6.07, 6.45) is 0.916. The first-order chi connectivity index (χ1) is 21.9. The number of rotatable bonds is 13. The van der Waals surface area contributed by atoms with Crippen LogP contribution < -0.4 is 9.62 Å². The molecule has 10 heteroatoms. The van der Waals surface area contributed by atoms with Crippen molar-refractivity contribution in [3.05, 3.63) is 129 Å². The Labute approximate surface area is 282 Å². The van der Waals surface area contributed by atoms with E-state index in [0.717, 1.165) is 15.4 Å². The molecule has 2 amide bonds. The number of aryl methyl sites for hydroxylation is 1. The molecule has 0 bridgehead atoms. The van der Waals surface area contributed by atoms with Gasteiger partial charge in [0.2, 0.25) is 11.8 Å². The van der Waals surface area contributed by atoms with Crippen molar-refractivity contribution < 1.29 is 18.0 Å². The second-order valence-corrected chi connectivity index (χ2v) is 14.1. The first-order valence-electron chi connectivity index (χ1n) is 15.1. The molecule has 2 atom stereocenters. The van der Waals surface area contributed by atoms with Gasteiger partial charge in [0.1, 0.15) is 12.6 Å². The van der Waals surface area contributed by atoms with E-state index in [2.05, 4.69) is 5.32 Å². The van der Waals surface area contributed by atoms with E-state index in [4.69, 9.17) is 23.2 Å². The first-order valence-corrected chi connectivity index (χ1v) is 17.3. The van der Waals surface area contributed by atoms with Gasteiger partial charge in [0, 0.05) is 29.1 Å². The minimum atomic E-state index is -4.24. The molecule has 4 aromatic rings. The number of carbonyl (C=O) groups excluding carboxylic acids is 2. The zero-order valence-electron chi connectivity index (χ0n) is 26.4. The van der Waals surface area contributed by atoms with Crippen LogP contribution in [0.4, 0.5) is 5.69 Å². The molecule has 0 heterocycles. The third-order valence-electron chi connectivity index (χ3n) is 7.91. The van der Waals surface area contributed by atoms with Crippen molar-refractivity contribution in [2.75, 3.05) is 10.8 Å². The summed E-state index contributed by atoms with van der Waals surface area (Å²) in [5, 5.41) is 3.88. The fourth-order valence-electron chi connectivity index (χ4n) is 5.04. The number of carbonyl (C=O) groups is 2. The van der Waals surface area contributed by atoms with Gasteiger partial charge in [-0.3, -0.25) is 13.9 Å². The molecule has 0 aliphatic rings. The highest BCUT2D eigenvalue weighted by molar-refractivity contribution is 7.92. The second kappa shape index (κ2) is 15.6. The minimum absolute atomic E-state index is 0.0256. The average Bonchev–Trinajstić information content (AvgIpc) is 3.03. The summed E-state index contributed by atoms with van der Waals surface area (Å²) >= 11 is 12.8. The standard InChI is InChI=1S/C36H39Cl2N3O4S/c1-5-26(3)39-36(43)34(22-28-11-7-6-8-12-28)40(23-29-13-9-14-30(37)21-29)35(42)24-41(33-16-10-15-32(38)27(33)4)46(44,45)31-19-17-25(2)18-20-31/h6-21,26,34H,5,22-24H2,1-4H3,(H,39,43)/t26-,34-/m1/s1. The Morgan fingerprint density at radius 2 is 1.50 bits per heavy atom. The molecule has 0 aliphatic heterocycles. The van der Waals surface area contributed by atoms with Gasteiger partial charge in [-0.25, -0.2) is 8.42 Å². The van der Waals surface area contributed by atoms with E-state index < -0.39 is 28.5 Å². The van der Waals surface area contributed by atoms with Gasteiger partial charge in [-0.05, 0) is 80.3 Å². The van der Waals surface area contributed by atoms with Crippen molar-refractivity contribution >= 4 is 50.7 Å². The number of nitrogens with zero attached hydrogens (tertiary/aromatic N) is 2. The number of hydrogen-bond acceptors (Lipinski definition) is 4. The molecule has 0 aliphatic carbocycles. The van der Waals surface area contributed by atoms with Crippen LogP contribution in [-0.4, -0.2) is 43.8 Å². The van der Waals surface area contributed by atoms with E-state index in [1.54, 1.807) is 55.5 Å². The van der Waals surface area contributed by atoms with Gasteiger partial charge in [0.25, 0.3) is 10.0 Å². The van der Waals surface area contributed by atoms with Crippen molar-refractivity contribution in [2.24, 2.45) is 0 Å². The van der Waals surface area contributed by atoms with Crippen LogP contribution in [0.5, 0.6) is 0 Å². The van der Waals surface area contributed by atoms with Crippen molar-refractivity contribution in [3.8, 4) is 0 Å². The quantitative estimate of drug-likeness (QED) is 0.160. The fourth-order valence-corrected chi connectivity index (χ4v) is 6.90. The summed E-state index contributed by atoms with van der Waals surface area (Å²) in [7, 11) is -4.24. The zero-order chi connectivity index (χ0) is 33.4. The van der Waals surface area contributed by atoms with Gasteiger partial charge in [-0.1, -0.05) is 96.4 Å². The smallest absolute Gasteiger partial charge is 0.264 e. The highest BCUT2D eigenvalue weighted by atomic mass is 35.5. The molecule has 0 aromatic heterocycles. The third-order valence-corrected chi connectivity index (χ3v) is 10.3. The Morgan fingerprint density at radius 3 is 2.15 bits per heavy atom. The van der Waals surface area contributed by atoms with Crippen LogP contribution in [-0.2, 0) is 32.6 Å². The maximum atomic E-state index is 14.6. The summed E-state index contributed by atoms with van der Waals surface area (Å²) in [6, 6.07) is 26.8.